The van der Waals surface area contributed by atoms with Crippen molar-refractivity contribution in [1.82, 2.24) is 5.32 Å². The van der Waals surface area contributed by atoms with Gasteiger partial charge in [0.1, 0.15) is 11.4 Å². The maximum Gasteiger partial charge on any atom is 0.319 e. The van der Waals surface area contributed by atoms with Crippen molar-refractivity contribution < 1.29 is 14.3 Å². The predicted molar refractivity (Wildman–Crippen MR) is 84.2 cm³/mol. The van der Waals surface area contributed by atoms with Crippen molar-refractivity contribution in [2.45, 2.75) is 19.4 Å². The predicted octanol–water partition coefficient (Wildman–Crippen LogP) is 3.16. The number of hydrogen-bond acceptors (Lipinski definition) is 2. The molecular weight excluding hydrogens is 283 g/mol. The quantitative estimate of drug-likeness (QED) is 0.812. The molecule has 0 bridgehead atoms. The molecule has 3 N–H and O–H groups in total. The Balaban J connectivity index is 1.92. The van der Waals surface area contributed by atoms with Gasteiger partial charge in [-0.05, 0) is 43.7 Å². The Labute approximate surface area is 129 Å². The van der Waals surface area contributed by atoms with Crippen LogP contribution in [0.15, 0.2) is 48.5 Å². The van der Waals surface area contributed by atoms with Crippen LogP contribution in [0.4, 0.5) is 14.9 Å². The zero-order valence-corrected chi connectivity index (χ0v) is 12.6. The number of nitrogens with one attached hydrogen (secondary N) is 2. The molecule has 1 atom stereocenters. The minimum atomic E-state index is -1.28. The smallest absolute Gasteiger partial charge is 0.319 e. The highest BCUT2D eigenvalue weighted by molar-refractivity contribution is 5.89. The number of halogens is 1. The Morgan fingerprint density at radius 3 is 2.32 bits per heavy atom. The monoisotopic (exact) mass is 302 g/mol. The normalized spacial score (nSPS) is 13.3. The van der Waals surface area contributed by atoms with Crippen LogP contribution in [0.1, 0.15) is 18.1 Å². The second-order valence-electron chi connectivity index (χ2n) is 5.45. The number of carbonyl (C=O) groups is 1. The van der Waals surface area contributed by atoms with Crippen molar-refractivity contribution in [2.75, 3.05) is 11.9 Å². The molecule has 0 heterocycles. The van der Waals surface area contributed by atoms with Crippen LogP contribution >= 0.6 is 0 Å². The van der Waals surface area contributed by atoms with Crippen LogP contribution in [-0.4, -0.2) is 17.7 Å². The highest BCUT2D eigenvalue weighted by Gasteiger charge is 2.23. The van der Waals surface area contributed by atoms with E-state index in [-0.39, 0.29) is 12.4 Å². The molecule has 116 valence electrons. The molecule has 0 saturated heterocycles. The van der Waals surface area contributed by atoms with Crippen LogP contribution in [0, 0.1) is 12.7 Å². The molecule has 22 heavy (non-hydrogen) atoms. The van der Waals surface area contributed by atoms with Gasteiger partial charge in [0.15, 0.2) is 0 Å². The first-order valence-electron chi connectivity index (χ1n) is 6.97. The van der Waals surface area contributed by atoms with Gasteiger partial charge in [-0.15, -0.1) is 0 Å². The Bertz CT molecular complexity index is 637. The summed E-state index contributed by atoms with van der Waals surface area (Å²) in [6, 6.07) is 12.5. The number of urea groups is 1. The SMILES string of the molecule is Cc1ccc(NC(=O)NCC(C)(O)c2ccc(F)cc2)cc1. The number of anilines is 1. The average molecular weight is 302 g/mol. The summed E-state index contributed by atoms with van der Waals surface area (Å²) >= 11 is 0. The molecule has 4 nitrogen and oxygen atoms in total. The van der Waals surface area contributed by atoms with Crippen LogP contribution in [0.25, 0.3) is 0 Å². The standard InChI is InChI=1S/C17H19FN2O2/c1-12-3-9-15(10-4-12)20-16(21)19-11-17(2,22)13-5-7-14(18)8-6-13/h3-10,22H,11H2,1-2H3,(H2,19,20,21). The molecule has 0 fully saturated rings. The van der Waals surface area contributed by atoms with Crippen LogP contribution in [0.3, 0.4) is 0 Å². The van der Waals surface area contributed by atoms with Crippen molar-refractivity contribution in [1.29, 1.82) is 0 Å². The lowest BCUT2D eigenvalue weighted by Crippen LogP contribution is -2.40. The number of amides is 2. The lowest BCUT2D eigenvalue weighted by Gasteiger charge is -2.24. The molecule has 2 amide bonds. The summed E-state index contributed by atoms with van der Waals surface area (Å²) in [7, 11) is 0. The molecule has 0 aliphatic rings. The van der Waals surface area contributed by atoms with E-state index >= 15 is 0 Å². The van der Waals surface area contributed by atoms with Crippen LogP contribution in [0.2, 0.25) is 0 Å². The van der Waals surface area contributed by atoms with E-state index < -0.39 is 11.6 Å². The fourth-order valence-corrected chi connectivity index (χ4v) is 1.98. The maximum absolute atomic E-state index is 12.9. The minimum Gasteiger partial charge on any atom is -0.384 e. The average Bonchev–Trinajstić information content (AvgIpc) is 2.48. The number of benzene rings is 2. The summed E-state index contributed by atoms with van der Waals surface area (Å²) in [4.78, 5) is 11.8. The summed E-state index contributed by atoms with van der Waals surface area (Å²) < 4.78 is 12.9. The van der Waals surface area contributed by atoms with E-state index in [1.807, 2.05) is 19.1 Å². The molecule has 5 heteroatoms. The first-order chi connectivity index (χ1) is 10.4. The largest absolute Gasteiger partial charge is 0.384 e. The van der Waals surface area contributed by atoms with Gasteiger partial charge < -0.3 is 15.7 Å². The first kappa shape index (κ1) is 16.0. The molecule has 2 aromatic carbocycles. The van der Waals surface area contributed by atoms with Gasteiger partial charge in [0.25, 0.3) is 0 Å². The zero-order chi connectivity index (χ0) is 16.2. The van der Waals surface area contributed by atoms with Crippen LogP contribution in [-0.2, 0) is 5.60 Å². The number of rotatable bonds is 4. The molecule has 0 spiro atoms. The molecule has 0 saturated carbocycles. The number of hydrogen-bond donors (Lipinski definition) is 3. The Hall–Kier alpha value is -2.40. The summed E-state index contributed by atoms with van der Waals surface area (Å²) in [5, 5.41) is 15.6. The van der Waals surface area contributed by atoms with Crippen molar-refractivity contribution in [3.8, 4) is 0 Å². The van der Waals surface area contributed by atoms with E-state index in [4.69, 9.17) is 0 Å². The van der Waals surface area contributed by atoms with E-state index in [2.05, 4.69) is 10.6 Å². The van der Waals surface area contributed by atoms with E-state index in [1.165, 1.54) is 24.3 Å². The van der Waals surface area contributed by atoms with Gasteiger partial charge in [-0.2, -0.15) is 0 Å². The topological polar surface area (TPSA) is 61.4 Å². The molecule has 0 aliphatic carbocycles. The lowest BCUT2D eigenvalue weighted by atomic mass is 9.96. The Kier molecular flexibility index (Phi) is 4.78. The van der Waals surface area contributed by atoms with E-state index in [1.54, 1.807) is 19.1 Å². The van der Waals surface area contributed by atoms with Gasteiger partial charge in [-0.3, -0.25) is 0 Å². The van der Waals surface area contributed by atoms with Crippen LogP contribution < -0.4 is 10.6 Å². The van der Waals surface area contributed by atoms with Crippen LogP contribution in [0.5, 0.6) is 0 Å². The third-order valence-electron chi connectivity index (χ3n) is 3.37. The van der Waals surface area contributed by atoms with Crippen molar-refractivity contribution in [3.63, 3.8) is 0 Å². The summed E-state index contributed by atoms with van der Waals surface area (Å²) in [6.07, 6.45) is 0. The zero-order valence-electron chi connectivity index (χ0n) is 12.6. The van der Waals surface area contributed by atoms with Gasteiger partial charge in [0.2, 0.25) is 0 Å². The molecular formula is C17H19FN2O2. The first-order valence-corrected chi connectivity index (χ1v) is 6.97. The van der Waals surface area contributed by atoms with Crippen molar-refractivity contribution >= 4 is 11.7 Å². The Morgan fingerprint density at radius 1 is 1.14 bits per heavy atom. The Morgan fingerprint density at radius 2 is 1.73 bits per heavy atom. The summed E-state index contributed by atoms with van der Waals surface area (Å²) in [6.45, 7) is 3.53. The molecule has 2 rings (SSSR count). The number of aliphatic hydroxyl groups is 1. The molecule has 0 aliphatic heterocycles. The number of carbonyl (C=O) groups excluding carboxylic acids is 1. The fraction of sp³-hybridized carbons (Fsp3) is 0.235. The highest BCUT2D eigenvalue weighted by Crippen LogP contribution is 2.20. The molecule has 0 aromatic heterocycles. The van der Waals surface area contributed by atoms with E-state index in [9.17, 15) is 14.3 Å². The minimum absolute atomic E-state index is 0.0102. The third-order valence-corrected chi connectivity index (χ3v) is 3.37. The van der Waals surface area contributed by atoms with E-state index in [0.29, 0.717) is 11.3 Å². The van der Waals surface area contributed by atoms with Gasteiger partial charge in [0.05, 0.1) is 6.54 Å². The number of aryl methyl sites for hydroxylation is 1. The third kappa shape index (κ3) is 4.30. The lowest BCUT2D eigenvalue weighted by molar-refractivity contribution is 0.0599. The van der Waals surface area contributed by atoms with Gasteiger partial charge in [-0.25, -0.2) is 9.18 Å². The second kappa shape index (κ2) is 6.58. The molecule has 1 unspecified atom stereocenters. The summed E-state index contributed by atoms with van der Waals surface area (Å²) in [5.41, 5.74) is 1.03. The second-order valence-corrected chi connectivity index (χ2v) is 5.45. The van der Waals surface area contributed by atoms with Gasteiger partial charge in [0, 0.05) is 5.69 Å². The fourth-order valence-electron chi connectivity index (χ4n) is 1.98. The molecule has 2 aromatic rings. The highest BCUT2D eigenvalue weighted by atomic mass is 19.1. The van der Waals surface area contributed by atoms with E-state index in [0.717, 1.165) is 5.56 Å². The van der Waals surface area contributed by atoms with Crippen molar-refractivity contribution in [3.05, 3.63) is 65.5 Å². The summed E-state index contributed by atoms with van der Waals surface area (Å²) in [5.74, 6) is -0.371. The molecule has 0 radical (unpaired) electrons. The van der Waals surface area contributed by atoms with Gasteiger partial charge >= 0.3 is 6.03 Å². The van der Waals surface area contributed by atoms with Crippen molar-refractivity contribution in [2.24, 2.45) is 0 Å². The maximum atomic E-state index is 12.9. The van der Waals surface area contributed by atoms with Gasteiger partial charge in [-0.1, -0.05) is 29.8 Å².